The second-order valence-corrected chi connectivity index (χ2v) is 4.73. The van der Waals surface area contributed by atoms with E-state index in [-0.39, 0.29) is 5.69 Å². The highest BCUT2D eigenvalue weighted by Crippen LogP contribution is 2.18. The SMILES string of the molecule is O=C(/C=C/c1ccccc1[N+](=O)[O-])Nn1cnc2ccccc21. The van der Waals surface area contributed by atoms with E-state index in [1.165, 1.54) is 29.2 Å². The van der Waals surface area contributed by atoms with E-state index < -0.39 is 10.8 Å². The fraction of sp³-hybridized carbons (Fsp3) is 0. The first-order valence-electron chi connectivity index (χ1n) is 6.80. The number of nitro benzene ring substituents is 1. The topological polar surface area (TPSA) is 90.1 Å². The van der Waals surface area contributed by atoms with Gasteiger partial charge in [0.25, 0.3) is 11.6 Å². The lowest BCUT2D eigenvalue weighted by atomic mass is 10.1. The molecule has 0 atom stereocenters. The highest BCUT2D eigenvalue weighted by Gasteiger charge is 2.10. The minimum absolute atomic E-state index is 0.0513. The Morgan fingerprint density at radius 2 is 1.91 bits per heavy atom. The number of imidazole rings is 1. The maximum absolute atomic E-state index is 12.0. The Bertz CT molecular complexity index is 914. The minimum Gasteiger partial charge on any atom is -0.268 e. The zero-order valence-corrected chi connectivity index (χ0v) is 11.9. The van der Waals surface area contributed by atoms with E-state index in [2.05, 4.69) is 10.4 Å². The Morgan fingerprint density at radius 3 is 2.74 bits per heavy atom. The predicted octanol–water partition coefficient (Wildman–Crippen LogP) is 2.73. The first-order valence-corrected chi connectivity index (χ1v) is 6.80. The largest absolute Gasteiger partial charge is 0.276 e. The number of carbonyl (C=O) groups excluding carboxylic acids is 1. The van der Waals surface area contributed by atoms with Crippen LogP contribution in [0.5, 0.6) is 0 Å². The molecule has 0 aliphatic heterocycles. The molecule has 0 spiro atoms. The number of benzene rings is 2. The molecule has 2 aromatic carbocycles. The van der Waals surface area contributed by atoms with Gasteiger partial charge in [-0.1, -0.05) is 24.3 Å². The van der Waals surface area contributed by atoms with Crippen LogP contribution in [0.2, 0.25) is 0 Å². The molecule has 3 aromatic rings. The van der Waals surface area contributed by atoms with Crippen molar-refractivity contribution in [1.82, 2.24) is 9.66 Å². The number of fused-ring (bicyclic) bond motifs is 1. The lowest BCUT2D eigenvalue weighted by Crippen LogP contribution is -2.19. The van der Waals surface area contributed by atoms with Crippen LogP contribution in [0, 0.1) is 10.1 Å². The van der Waals surface area contributed by atoms with Crippen LogP contribution in [-0.4, -0.2) is 20.5 Å². The Hall–Kier alpha value is -3.48. The zero-order chi connectivity index (χ0) is 16.2. The third-order valence-corrected chi connectivity index (χ3v) is 3.23. The van der Waals surface area contributed by atoms with E-state index in [9.17, 15) is 14.9 Å². The molecule has 23 heavy (non-hydrogen) atoms. The molecule has 0 aliphatic carbocycles. The predicted molar refractivity (Wildman–Crippen MR) is 86.2 cm³/mol. The molecule has 0 saturated carbocycles. The van der Waals surface area contributed by atoms with Gasteiger partial charge in [-0.15, -0.1) is 0 Å². The highest BCUT2D eigenvalue weighted by atomic mass is 16.6. The van der Waals surface area contributed by atoms with Gasteiger partial charge in [-0.3, -0.25) is 20.3 Å². The molecule has 1 heterocycles. The van der Waals surface area contributed by atoms with Crippen LogP contribution in [0.4, 0.5) is 5.69 Å². The van der Waals surface area contributed by atoms with Gasteiger partial charge in [0.2, 0.25) is 0 Å². The van der Waals surface area contributed by atoms with E-state index in [4.69, 9.17) is 0 Å². The summed E-state index contributed by atoms with van der Waals surface area (Å²) in [6.45, 7) is 0. The van der Waals surface area contributed by atoms with E-state index in [1.807, 2.05) is 24.3 Å². The van der Waals surface area contributed by atoms with Crippen LogP contribution in [0.15, 0.2) is 60.9 Å². The Morgan fingerprint density at radius 1 is 1.17 bits per heavy atom. The van der Waals surface area contributed by atoms with Crippen molar-refractivity contribution in [3.8, 4) is 0 Å². The van der Waals surface area contributed by atoms with Crippen LogP contribution in [0.1, 0.15) is 5.56 Å². The van der Waals surface area contributed by atoms with Gasteiger partial charge in [-0.05, 0) is 24.3 Å². The van der Waals surface area contributed by atoms with Gasteiger partial charge in [0, 0.05) is 12.1 Å². The van der Waals surface area contributed by atoms with Crippen molar-refractivity contribution in [3.63, 3.8) is 0 Å². The van der Waals surface area contributed by atoms with Crippen LogP contribution < -0.4 is 5.43 Å². The number of amides is 1. The number of aromatic nitrogens is 2. The van der Waals surface area contributed by atoms with Crippen LogP contribution in [0.25, 0.3) is 17.1 Å². The summed E-state index contributed by atoms with van der Waals surface area (Å²) in [6.07, 6.45) is 4.16. The summed E-state index contributed by atoms with van der Waals surface area (Å²) in [5, 5.41) is 10.9. The van der Waals surface area contributed by atoms with Crippen LogP contribution in [0.3, 0.4) is 0 Å². The quantitative estimate of drug-likeness (QED) is 0.456. The summed E-state index contributed by atoms with van der Waals surface area (Å²) < 4.78 is 1.50. The van der Waals surface area contributed by atoms with E-state index in [0.29, 0.717) is 5.56 Å². The van der Waals surface area contributed by atoms with Gasteiger partial charge in [0.05, 0.1) is 21.5 Å². The number of rotatable bonds is 4. The molecule has 0 saturated heterocycles. The van der Waals surface area contributed by atoms with Crippen molar-refractivity contribution in [2.45, 2.75) is 0 Å². The fourth-order valence-corrected chi connectivity index (χ4v) is 2.16. The number of nitrogens with zero attached hydrogens (tertiary/aromatic N) is 3. The second-order valence-electron chi connectivity index (χ2n) is 4.73. The first-order chi connectivity index (χ1) is 11.1. The van der Waals surface area contributed by atoms with Crippen molar-refractivity contribution in [2.75, 3.05) is 5.43 Å². The zero-order valence-electron chi connectivity index (χ0n) is 11.9. The number of hydrogen-bond donors (Lipinski definition) is 1. The molecule has 7 nitrogen and oxygen atoms in total. The summed E-state index contributed by atoms with van der Waals surface area (Å²) in [4.78, 5) is 26.6. The number of hydrogen-bond acceptors (Lipinski definition) is 4. The number of carbonyl (C=O) groups is 1. The first kappa shape index (κ1) is 14.5. The Balaban J connectivity index is 1.79. The minimum atomic E-state index is -0.485. The molecule has 114 valence electrons. The van der Waals surface area contributed by atoms with Crippen molar-refractivity contribution in [3.05, 3.63) is 76.6 Å². The fourth-order valence-electron chi connectivity index (χ4n) is 2.16. The summed E-state index contributed by atoms with van der Waals surface area (Å²) in [6, 6.07) is 13.6. The van der Waals surface area contributed by atoms with Crippen molar-refractivity contribution >= 4 is 28.7 Å². The highest BCUT2D eigenvalue weighted by molar-refractivity contribution is 5.98. The molecule has 7 heteroatoms. The number of para-hydroxylation sites is 3. The van der Waals surface area contributed by atoms with Crippen molar-refractivity contribution in [1.29, 1.82) is 0 Å². The average molecular weight is 308 g/mol. The molecular weight excluding hydrogens is 296 g/mol. The van der Waals surface area contributed by atoms with Gasteiger partial charge in [0.15, 0.2) is 0 Å². The van der Waals surface area contributed by atoms with Gasteiger partial charge >= 0.3 is 0 Å². The van der Waals surface area contributed by atoms with Crippen molar-refractivity contribution in [2.24, 2.45) is 0 Å². The monoisotopic (exact) mass is 308 g/mol. The van der Waals surface area contributed by atoms with E-state index >= 15 is 0 Å². The molecule has 0 bridgehead atoms. The van der Waals surface area contributed by atoms with Crippen LogP contribution in [-0.2, 0) is 4.79 Å². The van der Waals surface area contributed by atoms with Gasteiger partial charge < -0.3 is 0 Å². The average Bonchev–Trinajstić information content (AvgIpc) is 2.96. The normalized spacial score (nSPS) is 11.0. The van der Waals surface area contributed by atoms with Gasteiger partial charge in [-0.25, -0.2) is 9.66 Å². The van der Waals surface area contributed by atoms with Crippen molar-refractivity contribution < 1.29 is 9.72 Å². The molecular formula is C16H12N4O3. The third kappa shape index (κ3) is 3.08. The van der Waals surface area contributed by atoms with Crippen LogP contribution >= 0.6 is 0 Å². The van der Waals surface area contributed by atoms with Gasteiger partial charge in [0.1, 0.15) is 6.33 Å². The molecule has 1 amide bonds. The smallest absolute Gasteiger partial charge is 0.268 e. The van der Waals surface area contributed by atoms with E-state index in [1.54, 1.807) is 18.2 Å². The third-order valence-electron chi connectivity index (χ3n) is 3.23. The lowest BCUT2D eigenvalue weighted by Gasteiger charge is -2.03. The summed E-state index contributed by atoms with van der Waals surface area (Å²) in [5.74, 6) is -0.411. The maximum Gasteiger partial charge on any atom is 0.276 e. The molecule has 3 rings (SSSR count). The summed E-state index contributed by atoms with van der Waals surface area (Å²) >= 11 is 0. The Kier molecular flexibility index (Phi) is 3.84. The standard InChI is InChI=1S/C16H12N4O3/c21-16(10-9-12-5-1-3-7-14(12)20(22)23)18-19-11-17-13-6-2-4-8-15(13)19/h1-11H,(H,18,21)/b10-9+. The molecule has 0 unspecified atom stereocenters. The lowest BCUT2D eigenvalue weighted by molar-refractivity contribution is -0.385. The van der Waals surface area contributed by atoms with E-state index in [0.717, 1.165) is 11.0 Å². The summed E-state index contributed by atoms with van der Waals surface area (Å²) in [5.41, 5.74) is 4.48. The molecule has 1 N–H and O–H groups in total. The Labute approximate surface area is 131 Å². The number of nitro groups is 1. The molecule has 1 aromatic heterocycles. The molecule has 0 aliphatic rings. The second kappa shape index (κ2) is 6.10. The number of nitrogens with one attached hydrogen (secondary N) is 1. The van der Waals surface area contributed by atoms with Gasteiger partial charge in [-0.2, -0.15) is 0 Å². The molecule has 0 fully saturated rings. The maximum atomic E-state index is 12.0. The summed E-state index contributed by atoms with van der Waals surface area (Å²) in [7, 11) is 0. The molecule has 0 radical (unpaired) electrons.